The normalized spacial score (nSPS) is 15.6. The average molecular weight is 340 g/mol. The fourth-order valence-electron chi connectivity index (χ4n) is 3.15. The first kappa shape index (κ1) is 17.3. The molecule has 0 unspecified atom stereocenters. The molecule has 5 heteroatoms. The number of aryl methyl sites for hydroxylation is 1. The molecule has 0 spiro atoms. The third-order valence-corrected chi connectivity index (χ3v) is 4.53. The molecule has 2 heterocycles. The first-order valence-electron chi connectivity index (χ1n) is 8.89. The highest BCUT2D eigenvalue weighted by atomic mass is 16.3. The molecule has 1 N–H and O–H groups in total. The van der Waals surface area contributed by atoms with Crippen molar-refractivity contribution in [3.8, 4) is 0 Å². The molecule has 1 aliphatic rings. The molecule has 1 aliphatic heterocycles. The lowest BCUT2D eigenvalue weighted by Crippen LogP contribution is -2.45. The molecule has 0 aliphatic carbocycles. The molecule has 1 aromatic heterocycles. The van der Waals surface area contributed by atoms with Crippen LogP contribution in [-0.2, 0) is 16.0 Å². The first-order chi connectivity index (χ1) is 12.2. The van der Waals surface area contributed by atoms with Gasteiger partial charge in [0.25, 0.3) is 0 Å². The number of nitrogens with one attached hydrogen (secondary N) is 1. The molecular formula is C20H24N2O3. The Balaban J connectivity index is 1.67. The van der Waals surface area contributed by atoms with Gasteiger partial charge >= 0.3 is 0 Å². The van der Waals surface area contributed by atoms with Crippen LogP contribution in [0.1, 0.15) is 43.0 Å². The van der Waals surface area contributed by atoms with Gasteiger partial charge in [0.05, 0.1) is 6.26 Å². The summed E-state index contributed by atoms with van der Waals surface area (Å²) in [5.74, 6) is 0.613. The zero-order valence-electron chi connectivity index (χ0n) is 14.3. The second kappa shape index (κ2) is 8.51. The quantitative estimate of drug-likeness (QED) is 0.879. The van der Waals surface area contributed by atoms with Gasteiger partial charge in [-0.2, -0.15) is 0 Å². The number of amides is 2. The summed E-state index contributed by atoms with van der Waals surface area (Å²) in [5.41, 5.74) is 0.824. The predicted octanol–water partition coefficient (Wildman–Crippen LogP) is 3.08. The molecular weight excluding hydrogens is 316 g/mol. The smallest absolute Gasteiger partial charge is 0.249 e. The molecule has 0 saturated carbocycles. The summed E-state index contributed by atoms with van der Waals surface area (Å²) in [6.45, 7) is 1.54. The fraction of sp³-hybridized carbons (Fsp3) is 0.400. The fourth-order valence-corrected chi connectivity index (χ4v) is 3.15. The molecule has 1 fully saturated rings. The zero-order valence-corrected chi connectivity index (χ0v) is 14.3. The molecule has 2 aromatic rings. The maximum atomic E-state index is 13.0. The maximum absolute atomic E-state index is 13.0. The third-order valence-electron chi connectivity index (χ3n) is 4.53. The number of carbonyl (C=O) groups excluding carboxylic acids is 2. The largest absolute Gasteiger partial charge is 0.469 e. The Bertz CT molecular complexity index is 676. The molecule has 1 saturated heterocycles. The second-order valence-corrected chi connectivity index (χ2v) is 6.38. The monoisotopic (exact) mass is 340 g/mol. The molecule has 0 bridgehead atoms. The van der Waals surface area contributed by atoms with E-state index < -0.39 is 6.04 Å². The van der Waals surface area contributed by atoms with Gasteiger partial charge in [-0.05, 0) is 37.0 Å². The van der Waals surface area contributed by atoms with Gasteiger partial charge in [0, 0.05) is 25.9 Å². The average Bonchev–Trinajstić information content (AvgIpc) is 3.19. The number of furan rings is 1. The van der Waals surface area contributed by atoms with E-state index in [-0.39, 0.29) is 11.8 Å². The third kappa shape index (κ3) is 4.72. The molecule has 5 nitrogen and oxygen atoms in total. The number of benzene rings is 1. The number of piperidine rings is 1. The van der Waals surface area contributed by atoms with Crippen molar-refractivity contribution in [2.24, 2.45) is 0 Å². The molecule has 3 rings (SSSR count). The number of hydrogen-bond donors (Lipinski definition) is 1. The van der Waals surface area contributed by atoms with Crippen LogP contribution in [0.15, 0.2) is 53.1 Å². The number of carbonyl (C=O) groups is 2. The standard InChI is InChI=1S/C20H24N2O3/c23-18(12-11-17-10-7-15-25-17)21-19(16-8-3-1-4-9-16)20(24)22-13-5-2-6-14-22/h1,3-4,7-10,15,19H,2,5-6,11-14H2,(H,21,23)/t19-/m0/s1. The van der Waals surface area contributed by atoms with Gasteiger partial charge < -0.3 is 14.6 Å². The van der Waals surface area contributed by atoms with Gasteiger partial charge in [0.1, 0.15) is 11.8 Å². The molecule has 0 radical (unpaired) electrons. The Morgan fingerprint density at radius 3 is 2.48 bits per heavy atom. The SMILES string of the molecule is O=C(CCc1ccco1)N[C@H](C(=O)N1CCCCC1)c1ccccc1. The second-order valence-electron chi connectivity index (χ2n) is 6.38. The molecule has 1 aromatic carbocycles. The van der Waals surface area contributed by atoms with Crippen molar-refractivity contribution in [2.75, 3.05) is 13.1 Å². The Hall–Kier alpha value is -2.56. The van der Waals surface area contributed by atoms with E-state index in [2.05, 4.69) is 5.32 Å². The van der Waals surface area contributed by atoms with E-state index in [0.29, 0.717) is 12.8 Å². The minimum atomic E-state index is -0.622. The number of nitrogens with zero attached hydrogens (tertiary/aromatic N) is 1. The van der Waals surface area contributed by atoms with Crippen LogP contribution in [0, 0.1) is 0 Å². The van der Waals surface area contributed by atoms with Crippen molar-refractivity contribution < 1.29 is 14.0 Å². The Kier molecular flexibility index (Phi) is 5.88. The van der Waals surface area contributed by atoms with Crippen LogP contribution < -0.4 is 5.32 Å². The zero-order chi connectivity index (χ0) is 17.5. The molecule has 1 atom stereocenters. The lowest BCUT2D eigenvalue weighted by molar-refractivity contribution is -0.137. The summed E-state index contributed by atoms with van der Waals surface area (Å²) in [7, 11) is 0. The van der Waals surface area contributed by atoms with Crippen molar-refractivity contribution in [3.05, 3.63) is 60.1 Å². The summed E-state index contributed by atoms with van der Waals surface area (Å²) >= 11 is 0. The highest BCUT2D eigenvalue weighted by molar-refractivity contribution is 5.88. The van der Waals surface area contributed by atoms with E-state index in [9.17, 15) is 9.59 Å². The first-order valence-corrected chi connectivity index (χ1v) is 8.89. The Labute approximate surface area is 148 Å². The van der Waals surface area contributed by atoms with Crippen LogP contribution in [0.4, 0.5) is 0 Å². The van der Waals surface area contributed by atoms with E-state index in [1.807, 2.05) is 41.3 Å². The number of likely N-dealkylation sites (tertiary alicyclic amines) is 1. The molecule has 25 heavy (non-hydrogen) atoms. The van der Waals surface area contributed by atoms with E-state index in [1.54, 1.807) is 12.3 Å². The van der Waals surface area contributed by atoms with E-state index in [1.165, 1.54) is 0 Å². The highest BCUT2D eigenvalue weighted by Crippen LogP contribution is 2.19. The summed E-state index contributed by atoms with van der Waals surface area (Å²) in [6, 6.07) is 12.5. The molecule has 132 valence electrons. The topological polar surface area (TPSA) is 62.6 Å². The molecule has 2 amide bonds. The van der Waals surface area contributed by atoms with Gasteiger partial charge in [-0.25, -0.2) is 0 Å². The van der Waals surface area contributed by atoms with Gasteiger partial charge in [-0.15, -0.1) is 0 Å². The van der Waals surface area contributed by atoms with E-state index >= 15 is 0 Å². The summed E-state index contributed by atoms with van der Waals surface area (Å²) in [4.78, 5) is 27.2. The Morgan fingerprint density at radius 2 is 1.80 bits per heavy atom. The van der Waals surface area contributed by atoms with Crippen molar-refractivity contribution in [1.29, 1.82) is 0 Å². The van der Waals surface area contributed by atoms with E-state index in [0.717, 1.165) is 43.7 Å². The van der Waals surface area contributed by atoms with Crippen LogP contribution in [0.5, 0.6) is 0 Å². The van der Waals surface area contributed by atoms with E-state index in [4.69, 9.17) is 4.42 Å². The maximum Gasteiger partial charge on any atom is 0.249 e. The Morgan fingerprint density at radius 1 is 1.04 bits per heavy atom. The highest BCUT2D eigenvalue weighted by Gasteiger charge is 2.28. The van der Waals surface area contributed by atoms with Crippen molar-refractivity contribution in [1.82, 2.24) is 10.2 Å². The van der Waals surface area contributed by atoms with Crippen LogP contribution in [-0.4, -0.2) is 29.8 Å². The van der Waals surface area contributed by atoms with Crippen molar-refractivity contribution >= 4 is 11.8 Å². The summed E-state index contributed by atoms with van der Waals surface area (Å²) in [6.07, 6.45) is 5.64. The van der Waals surface area contributed by atoms with Gasteiger partial charge in [0.15, 0.2) is 0 Å². The van der Waals surface area contributed by atoms with Crippen LogP contribution in [0.3, 0.4) is 0 Å². The lowest BCUT2D eigenvalue weighted by atomic mass is 10.0. The van der Waals surface area contributed by atoms with Crippen LogP contribution in [0.25, 0.3) is 0 Å². The summed E-state index contributed by atoms with van der Waals surface area (Å²) < 4.78 is 5.26. The van der Waals surface area contributed by atoms with Gasteiger partial charge in [0.2, 0.25) is 11.8 Å². The van der Waals surface area contributed by atoms with Crippen molar-refractivity contribution in [3.63, 3.8) is 0 Å². The predicted molar refractivity (Wildman–Crippen MR) is 94.8 cm³/mol. The van der Waals surface area contributed by atoms with Crippen LogP contribution in [0.2, 0.25) is 0 Å². The number of rotatable bonds is 6. The summed E-state index contributed by atoms with van der Waals surface area (Å²) in [5, 5.41) is 2.92. The van der Waals surface area contributed by atoms with Crippen molar-refractivity contribution in [2.45, 2.75) is 38.1 Å². The lowest BCUT2D eigenvalue weighted by Gasteiger charge is -2.31. The van der Waals surface area contributed by atoms with Crippen LogP contribution >= 0.6 is 0 Å². The van der Waals surface area contributed by atoms with Gasteiger partial charge in [-0.3, -0.25) is 9.59 Å². The minimum Gasteiger partial charge on any atom is -0.469 e. The van der Waals surface area contributed by atoms with Gasteiger partial charge in [-0.1, -0.05) is 30.3 Å². The number of hydrogen-bond acceptors (Lipinski definition) is 3. The minimum absolute atomic E-state index is 0.0164.